The molecule has 0 spiro atoms. The molecule has 2 N–H and O–H groups in total. The normalized spacial score (nSPS) is 14.4. The van der Waals surface area contributed by atoms with Crippen LogP contribution >= 0.6 is 0 Å². The largest absolute Gasteiger partial charge is 0.484 e. The molecule has 0 bridgehead atoms. The van der Waals surface area contributed by atoms with Crippen molar-refractivity contribution in [1.29, 1.82) is 0 Å². The Balaban J connectivity index is 1.60. The Labute approximate surface area is 166 Å². The first-order valence-electron chi connectivity index (χ1n) is 9.33. The second-order valence-corrected chi connectivity index (χ2v) is 6.86. The van der Waals surface area contributed by atoms with Gasteiger partial charge in [-0.3, -0.25) is 9.59 Å². The van der Waals surface area contributed by atoms with Gasteiger partial charge in [-0.25, -0.2) is 0 Å². The molecule has 1 aliphatic carbocycles. The lowest BCUT2D eigenvalue weighted by atomic mass is 10.1. The molecule has 0 unspecified atom stereocenters. The highest BCUT2D eigenvalue weighted by Gasteiger charge is 2.30. The van der Waals surface area contributed by atoms with E-state index in [1.807, 2.05) is 0 Å². The van der Waals surface area contributed by atoms with Crippen LogP contribution in [0.1, 0.15) is 41.6 Å². The first-order valence-corrected chi connectivity index (χ1v) is 9.33. The minimum absolute atomic E-state index is 0.0674. The summed E-state index contributed by atoms with van der Waals surface area (Å²) in [6, 6.07) is 11.0. The predicted molar refractivity (Wildman–Crippen MR) is 102 cm³/mol. The number of nitrogens with one attached hydrogen (secondary N) is 2. The highest BCUT2D eigenvalue weighted by Crippen LogP contribution is 2.31. The lowest BCUT2D eigenvalue weighted by Crippen LogP contribution is -2.33. The molecular weight excluding hydrogens is 385 g/mol. The molecule has 2 aromatic rings. The van der Waals surface area contributed by atoms with Gasteiger partial charge >= 0.3 is 6.18 Å². The molecular formula is C21H21F3N2O3. The minimum atomic E-state index is -4.49. The summed E-state index contributed by atoms with van der Waals surface area (Å²) in [6.45, 7) is -0.486. The van der Waals surface area contributed by atoms with Crippen LogP contribution in [-0.2, 0) is 11.0 Å². The first-order chi connectivity index (χ1) is 13.8. The fraction of sp³-hybridized carbons (Fsp3) is 0.333. The standard InChI is InChI=1S/C21H21F3N2O3/c22-21(23,24)14-6-5-9-16(12-14)29-13-19(27)26-18-11-4-3-10-17(18)20(28)25-15-7-1-2-8-15/h3-6,9-12,15H,1-2,7-8,13H2,(H,25,28)(H,26,27). The number of carbonyl (C=O) groups excluding carboxylic acids is 2. The van der Waals surface area contributed by atoms with Gasteiger partial charge in [-0.15, -0.1) is 0 Å². The molecule has 8 heteroatoms. The molecule has 1 saturated carbocycles. The van der Waals surface area contributed by atoms with Crippen LogP contribution in [0.3, 0.4) is 0 Å². The number of carbonyl (C=O) groups is 2. The summed E-state index contributed by atoms with van der Waals surface area (Å²) in [7, 11) is 0. The molecule has 0 atom stereocenters. The average Bonchev–Trinajstić information content (AvgIpc) is 3.19. The van der Waals surface area contributed by atoms with Crippen LogP contribution in [0, 0.1) is 0 Å². The van der Waals surface area contributed by atoms with E-state index in [4.69, 9.17) is 4.74 Å². The summed E-state index contributed by atoms with van der Waals surface area (Å²) < 4.78 is 43.4. The van der Waals surface area contributed by atoms with Crippen LogP contribution in [0.25, 0.3) is 0 Å². The quantitative estimate of drug-likeness (QED) is 0.748. The molecule has 0 aromatic heterocycles. The zero-order valence-electron chi connectivity index (χ0n) is 15.6. The molecule has 5 nitrogen and oxygen atoms in total. The van der Waals surface area contributed by atoms with Gasteiger partial charge < -0.3 is 15.4 Å². The van der Waals surface area contributed by atoms with Crippen molar-refractivity contribution in [3.8, 4) is 5.75 Å². The van der Waals surface area contributed by atoms with E-state index >= 15 is 0 Å². The number of alkyl halides is 3. The maximum Gasteiger partial charge on any atom is 0.416 e. The predicted octanol–water partition coefficient (Wildman–Crippen LogP) is 4.40. The van der Waals surface area contributed by atoms with Crippen LogP contribution in [0.4, 0.5) is 18.9 Å². The van der Waals surface area contributed by atoms with Crippen LogP contribution < -0.4 is 15.4 Å². The zero-order valence-corrected chi connectivity index (χ0v) is 15.6. The molecule has 0 aliphatic heterocycles. The van der Waals surface area contributed by atoms with Gasteiger partial charge in [0.2, 0.25) is 0 Å². The van der Waals surface area contributed by atoms with E-state index in [1.54, 1.807) is 24.3 Å². The van der Waals surface area contributed by atoms with E-state index in [9.17, 15) is 22.8 Å². The van der Waals surface area contributed by atoms with Crippen molar-refractivity contribution in [3.63, 3.8) is 0 Å². The molecule has 154 valence electrons. The van der Waals surface area contributed by atoms with E-state index < -0.39 is 24.3 Å². The second-order valence-electron chi connectivity index (χ2n) is 6.86. The monoisotopic (exact) mass is 406 g/mol. The van der Waals surface area contributed by atoms with E-state index in [0.717, 1.165) is 37.8 Å². The van der Waals surface area contributed by atoms with E-state index in [-0.39, 0.29) is 17.7 Å². The minimum Gasteiger partial charge on any atom is -0.484 e. The van der Waals surface area contributed by atoms with Gasteiger partial charge in [0.1, 0.15) is 5.75 Å². The van der Waals surface area contributed by atoms with Crippen molar-refractivity contribution in [2.75, 3.05) is 11.9 Å². The van der Waals surface area contributed by atoms with Crippen LogP contribution in [0.15, 0.2) is 48.5 Å². The topological polar surface area (TPSA) is 67.4 Å². The smallest absolute Gasteiger partial charge is 0.416 e. The SMILES string of the molecule is O=C(COc1cccc(C(F)(F)F)c1)Nc1ccccc1C(=O)NC1CCCC1. The summed E-state index contributed by atoms with van der Waals surface area (Å²) in [5.41, 5.74) is -0.211. The molecule has 29 heavy (non-hydrogen) atoms. The van der Waals surface area contributed by atoms with Gasteiger partial charge in [-0.05, 0) is 43.2 Å². The number of ether oxygens (including phenoxy) is 1. The van der Waals surface area contributed by atoms with Crippen molar-refractivity contribution in [3.05, 3.63) is 59.7 Å². The van der Waals surface area contributed by atoms with Crippen molar-refractivity contribution in [2.45, 2.75) is 37.9 Å². The maximum atomic E-state index is 12.7. The van der Waals surface area contributed by atoms with E-state index in [0.29, 0.717) is 11.3 Å². The Morgan fingerprint density at radius 1 is 1.03 bits per heavy atom. The number of hydrogen-bond donors (Lipinski definition) is 2. The first kappa shape index (κ1) is 20.7. The van der Waals surface area contributed by atoms with E-state index in [2.05, 4.69) is 10.6 Å². The molecule has 1 aliphatic rings. The Morgan fingerprint density at radius 3 is 2.48 bits per heavy atom. The van der Waals surface area contributed by atoms with Crippen molar-refractivity contribution in [1.82, 2.24) is 5.32 Å². The van der Waals surface area contributed by atoms with Gasteiger partial charge in [-0.2, -0.15) is 13.2 Å². The maximum absolute atomic E-state index is 12.7. The summed E-state index contributed by atoms with van der Waals surface area (Å²) >= 11 is 0. The zero-order chi connectivity index (χ0) is 20.9. The van der Waals surface area contributed by atoms with Gasteiger partial charge in [0.05, 0.1) is 16.8 Å². The number of anilines is 1. The third-order valence-electron chi connectivity index (χ3n) is 4.67. The Kier molecular flexibility index (Phi) is 6.41. The molecule has 0 heterocycles. The number of hydrogen-bond acceptors (Lipinski definition) is 3. The summed E-state index contributed by atoms with van der Waals surface area (Å²) in [6.07, 6.45) is -0.462. The number of benzene rings is 2. The van der Waals surface area contributed by atoms with Crippen molar-refractivity contribution in [2.24, 2.45) is 0 Å². The van der Waals surface area contributed by atoms with E-state index in [1.165, 1.54) is 12.1 Å². The molecule has 0 radical (unpaired) electrons. The fourth-order valence-corrected chi connectivity index (χ4v) is 3.22. The van der Waals surface area contributed by atoms with Crippen LogP contribution in [0.2, 0.25) is 0 Å². The number of para-hydroxylation sites is 1. The molecule has 3 rings (SSSR count). The van der Waals surface area contributed by atoms with Crippen LogP contribution in [0.5, 0.6) is 5.75 Å². The highest BCUT2D eigenvalue weighted by atomic mass is 19.4. The molecule has 2 amide bonds. The molecule has 2 aromatic carbocycles. The van der Waals surface area contributed by atoms with Gasteiger partial charge in [-0.1, -0.05) is 31.0 Å². The lowest BCUT2D eigenvalue weighted by Gasteiger charge is -2.15. The Hall–Kier alpha value is -3.03. The van der Waals surface area contributed by atoms with Crippen molar-refractivity contribution < 1.29 is 27.5 Å². The Bertz CT molecular complexity index is 877. The molecule has 1 fully saturated rings. The average molecular weight is 406 g/mol. The third-order valence-corrected chi connectivity index (χ3v) is 4.67. The van der Waals surface area contributed by atoms with Gasteiger partial charge in [0, 0.05) is 6.04 Å². The van der Waals surface area contributed by atoms with Gasteiger partial charge in [0.15, 0.2) is 6.61 Å². The number of amides is 2. The Morgan fingerprint density at radius 2 is 1.76 bits per heavy atom. The highest BCUT2D eigenvalue weighted by molar-refractivity contribution is 6.04. The third kappa shape index (κ3) is 5.73. The van der Waals surface area contributed by atoms with Crippen LogP contribution in [-0.4, -0.2) is 24.5 Å². The van der Waals surface area contributed by atoms with Gasteiger partial charge in [0.25, 0.3) is 11.8 Å². The fourth-order valence-electron chi connectivity index (χ4n) is 3.22. The number of rotatable bonds is 6. The summed E-state index contributed by atoms with van der Waals surface area (Å²) in [4.78, 5) is 24.7. The summed E-state index contributed by atoms with van der Waals surface area (Å²) in [5.74, 6) is -0.919. The van der Waals surface area contributed by atoms with Crippen molar-refractivity contribution >= 4 is 17.5 Å². The number of halogens is 3. The molecule has 0 saturated heterocycles. The second kappa shape index (κ2) is 8.98. The lowest BCUT2D eigenvalue weighted by molar-refractivity contribution is -0.137. The summed E-state index contributed by atoms with van der Waals surface area (Å²) in [5, 5.41) is 5.54.